The Kier molecular flexibility index (Phi) is 1.18. The molecule has 0 amide bonds. The molecule has 0 N–H and O–H groups in total. The minimum atomic E-state index is 0.676. The highest BCUT2D eigenvalue weighted by Crippen LogP contribution is 1.82. The lowest BCUT2D eigenvalue weighted by Crippen LogP contribution is -1.52. The Bertz CT molecular complexity index is 54.0. The molecule has 0 heterocycles. The summed E-state index contributed by atoms with van der Waals surface area (Å²) in [6, 6.07) is 0.676. The molecule has 0 bridgehead atoms. The molecule has 0 heteroatoms. The third-order valence-electron chi connectivity index (χ3n) is 0.500. The maximum atomic E-state index is 6.91. The van der Waals surface area contributed by atoms with E-state index in [2.05, 4.69) is 0 Å². The lowest BCUT2D eigenvalue weighted by atomic mass is 10.3. The first-order valence-corrected chi connectivity index (χ1v) is 1.75. The summed E-state index contributed by atoms with van der Waals surface area (Å²) < 4.78 is 6.91. The number of rotatable bonds is 0. The van der Waals surface area contributed by atoms with Crippen molar-refractivity contribution in [2.45, 2.75) is 20.8 Å². The van der Waals surface area contributed by atoms with Crippen molar-refractivity contribution in [2.24, 2.45) is 0 Å². The average molecular weight is 71.1 g/mol. The number of hydrogen-bond acceptors (Lipinski definition) is 0. The summed E-state index contributed by atoms with van der Waals surface area (Å²) in [6.07, 6.45) is 0. The predicted molar refractivity (Wildman–Crippen MR) is 25.1 cm³/mol. The zero-order valence-corrected chi connectivity index (χ0v) is 4.00. The molecule has 0 aliphatic carbocycles. The Morgan fingerprint density at radius 1 is 1.80 bits per heavy atom. The highest BCUT2D eigenvalue weighted by molar-refractivity contribution is 4.88. The normalized spacial score (nSPS) is 9.80. The van der Waals surface area contributed by atoms with Crippen molar-refractivity contribution < 1.29 is 1.37 Å². The van der Waals surface area contributed by atoms with Gasteiger partial charge in [-0.15, -0.1) is 0 Å². The van der Waals surface area contributed by atoms with E-state index in [9.17, 15) is 0 Å². The van der Waals surface area contributed by atoms with E-state index in [0.717, 1.165) is 5.57 Å². The van der Waals surface area contributed by atoms with Crippen LogP contribution in [0.15, 0.2) is 11.6 Å². The summed E-state index contributed by atoms with van der Waals surface area (Å²) in [5, 5.41) is 0. The molecule has 0 rings (SSSR count). The van der Waals surface area contributed by atoms with Gasteiger partial charge in [-0.3, -0.25) is 0 Å². The van der Waals surface area contributed by atoms with Crippen molar-refractivity contribution in [3.63, 3.8) is 0 Å². The van der Waals surface area contributed by atoms with Gasteiger partial charge in [0.15, 0.2) is 0 Å². The fourth-order valence-electron chi connectivity index (χ4n) is 0. The second kappa shape index (κ2) is 2.01. The van der Waals surface area contributed by atoms with Gasteiger partial charge in [0.25, 0.3) is 0 Å². The fourth-order valence-corrected chi connectivity index (χ4v) is 0. The third kappa shape index (κ3) is 3.74. The van der Waals surface area contributed by atoms with Crippen LogP contribution in [-0.4, -0.2) is 0 Å². The smallest absolute Gasteiger partial charge is 0.0572 e. The maximum absolute atomic E-state index is 6.91. The lowest BCUT2D eigenvalue weighted by Gasteiger charge is -1.74. The van der Waals surface area contributed by atoms with Gasteiger partial charge >= 0.3 is 0 Å². The summed E-state index contributed by atoms with van der Waals surface area (Å²) in [4.78, 5) is 0. The maximum Gasteiger partial charge on any atom is 0.0572 e. The highest BCUT2D eigenvalue weighted by atomic mass is 13.7. The van der Waals surface area contributed by atoms with Gasteiger partial charge < -0.3 is 0 Å². The first-order valence-electron chi connectivity index (χ1n) is 2.25. The quantitative estimate of drug-likeness (QED) is 0.383. The summed E-state index contributed by atoms with van der Waals surface area (Å²) in [5.74, 6) is 0. The topological polar surface area (TPSA) is 0 Å². The molecule has 0 aliphatic heterocycles. The van der Waals surface area contributed by atoms with E-state index in [4.69, 9.17) is 1.37 Å². The van der Waals surface area contributed by atoms with Crippen LogP contribution in [0.2, 0.25) is 0 Å². The summed E-state index contributed by atoms with van der Waals surface area (Å²) in [7, 11) is 0. The minimum absolute atomic E-state index is 0.676. The molecule has 30 valence electrons. The van der Waals surface area contributed by atoms with E-state index >= 15 is 0 Å². The van der Waals surface area contributed by atoms with Crippen molar-refractivity contribution in [1.29, 1.82) is 0 Å². The lowest BCUT2D eigenvalue weighted by molar-refractivity contribution is 1.36. The molecule has 0 saturated carbocycles. The molecular formula is C5H10. The van der Waals surface area contributed by atoms with Crippen LogP contribution in [-0.2, 0) is 0 Å². The van der Waals surface area contributed by atoms with Crippen LogP contribution >= 0.6 is 0 Å². The van der Waals surface area contributed by atoms with Crippen LogP contribution in [0.3, 0.4) is 0 Å². The zero-order chi connectivity index (χ0) is 5.15. The molecule has 0 radical (unpaired) electrons. The molecule has 0 atom stereocenters. The monoisotopic (exact) mass is 71.1 g/mol. The van der Waals surface area contributed by atoms with Crippen LogP contribution in [0.4, 0.5) is 0 Å². The average Bonchev–Trinajstić information content (AvgIpc) is 1.36. The first-order chi connectivity index (χ1) is 2.64. The van der Waals surface area contributed by atoms with E-state index < -0.39 is 0 Å². The van der Waals surface area contributed by atoms with Crippen LogP contribution in [0, 0.1) is 0 Å². The molecule has 0 aliphatic rings. The molecule has 0 nitrogen and oxygen atoms in total. The Labute approximate surface area is 34.9 Å². The van der Waals surface area contributed by atoms with E-state index in [1.807, 2.05) is 13.8 Å². The van der Waals surface area contributed by atoms with Gasteiger partial charge in [-0.05, 0) is 20.8 Å². The van der Waals surface area contributed by atoms with Gasteiger partial charge in [-0.2, -0.15) is 0 Å². The van der Waals surface area contributed by atoms with Crippen molar-refractivity contribution in [1.82, 2.24) is 0 Å². The summed E-state index contributed by atoms with van der Waals surface area (Å²) >= 11 is 0. The molecular weight excluding hydrogens is 60.1 g/mol. The molecule has 0 saturated heterocycles. The second-order valence-corrected chi connectivity index (χ2v) is 1.25. The van der Waals surface area contributed by atoms with Gasteiger partial charge in [0.2, 0.25) is 0 Å². The van der Waals surface area contributed by atoms with Crippen LogP contribution < -0.4 is 0 Å². The number of hydrogen-bond donors (Lipinski definition) is 0. The van der Waals surface area contributed by atoms with Crippen molar-refractivity contribution >= 4 is 0 Å². The summed E-state index contributed by atoms with van der Waals surface area (Å²) in [5.41, 5.74) is 1.09. The molecule has 0 fully saturated rings. The molecule has 0 aromatic heterocycles. The Morgan fingerprint density at radius 2 is 2.00 bits per heavy atom. The van der Waals surface area contributed by atoms with Crippen LogP contribution in [0.1, 0.15) is 22.1 Å². The fraction of sp³-hybridized carbons (Fsp3) is 0.600. The molecule has 0 spiro atoms. The van der Waals surface area contributed by atoms with E-state index in [0.29, 0.717) is 6.05 Å². The SMILES string of the molecule is [2H]C(C)=C(C)C. The first kappa shape index (κ1) is 2.95. The van der Waals surface area contributed by atoms with Gasteiger partial charge in [0, 0.05) is 0 Å². The Morgan fingerprint density at radius 3 is 2.00 bits per heavy atom. The molecule has 0 unspecified atom stereocenters. The van der Waals surface area contributed by atoms with Gasteiger partial charge in [0.1, 0.15) is 0 Å². The highest BCUT2D eigenvalue weighted by Gasteiger charge is 1.60. The molecule has 5 heavy (non-hydrogen) atoms. The Balaban J connectivity index is 3.68. The molecule has 0 aromatic rings. The van der Waals surface area contributed by atoms with Crippen LogP contribution in [0.5, 0.6) is 0 Å². The van der Waals surface area contributed by atoms with Gasteiger partial charge in [0.05, 0.1) is 1.37 Å². The molecule has 0 aromatic carbocycles. The van der Waals surface area contributed by atoms with E-state index in [1.165, 1.54) is 0 Å². The van der Waals surface area contributed by atoms with Gasteiger partial charge in [-0.25, -0.2) is 0 Å². The second-order valence-electron chi connectivity index (χ2n) is 1.25. The Hall–Kier alpha value is -0.260. The zero-order valence-electron chi connectivity index (χ0n) is 5.00. The van der Waals surface area contributed by atoms with E-state index in [1.54, 1.807) is 6.92 Å². The van der Waals surface area contributed by atoms with Crippen molar-refractivity contribution in [2.75, 3.05) is 0 Å². The van der Waals surface area contributed by atoms with Crippen LogP contribution in [0.25, 0.3) is 0 Å². The van der Waals surface area contributed by atoms with Crippen molar-refractivity contribution in [3.8, 4) is 0 Å². The minimum Gasteiger partial charge on any atom is -0.0890 e. The predicted octanol–water partition coefficient (Wildman–Crippen LogP) is 1.97. The third-order valence-corrected chi connectivity index (χ3v) is 0.500. The number of allylic oxidation sites excluding steroid dienone is 2. The van der Waals surface area contributed by atoms with E-state index in [-0.39, 0.29) is 0 Å². The largest absolute Gasteiger partial charge is 0.0890 e. The summed E-state index contributed by atoms with van der Waals surface area (Å²) in [6.45, 7) is 5.65. The standard InChI is InChI=1S/C5H10/c1-4-5(2)3/h4H,1-3H3/i4D. The van der Waals surface area contributed by atoms with Crippen molar-refractivity contribution in [3.05, 3.63) is 11.6 Å². The van der Waals surface area contributed by atoms with Gasteiger partial charge in [-0.1, -0.05) is 11.6 Å².